The third-order valence-corrected chi connectivity index (χ3v) is 6.58. The number of carbonyl (C=O) groups excluding carboxylic acids is 1. The Balaban J connectivity index is 2.58. The highest BCUT2D eigenvalue weighted by molar-refractivity contribution is 7.48. The molecule has 2 atom stereocenters. The summed E-state index contributed by atoms with van der Waals surface area (Å²) in [7, 11) is 2.12. The Labute approximate surface area is 165 Å². The van der Waals surface area contributed by atoms with E-state index in [1.165, 1.54) is 11.1 Å². The summed E-state index contributed by atoms with van der Waals surface area (Å²) in [6.07, 6.45) is 2.08. The van der Waals surface area contributed by atoms with Crippen molar-refractivity contribution >= 4 is 19.7 Å². The van der Waals surface area contributed by atoms with E-state index in [0.29, 0.717) is 8.58 Å². The molecule has 2 aromatic carbocycles. The first-order valence-electron chi connectivity index (χ1n) is 9.44. The monoisotopic (exact) mass is 386 g/mol. The van der Waals surface area contributed by atoms with Crippen LogP contribution in [-0.4, -0.2) is 19.7 Å². The van der Waals surface area contributed by atoms with Gasteiger partial charge in [-0.15, -0.1) is 0 Å². The summed E-state index contributed by atoms with van der Waals surface area (Å²) in [4.78, 5) is 12.1. The number of aryl methyl sites for hydroxylation is 2. The van der Waals surface area contributed by atoms with Gasteiger partial charge >= 0.3 is 0 Å². The second kappa shape index (κ2) is 9.48. The molecule has 3 nitrogen and oxygen atoms in total. The van der Waals surface area contributed by atoms with Gasteiger partial charge in [0, 0.05) is 23.4 Å². The largest absolute Gasteiger partial charge is 0.467 e. The van der Waals surface area contributed by atoms with Crippen LogP contribution in [0.3, 0.4) is 0 Å². The second-order valence-corrected chi connectivity index (χ2v) is 9.21. The zero-order valence-corrected chi connectivity index (χ0v) is 18.3. The van der Waals surface area contributed by atoms with Gasteiger partial charge < -0.3 is 9.47 Å². The van der Waals surface area contributed by atoms with Crippen molar-refractivity contribution in [2.45, 2.75) is 52.6 Å². The van der Waals surface area contributed by atoms with Crippen LogP contribution in [0.15, 0.2) is 36.4 Å². The molecule has 2 rings (SSSR count). The lowest BCUT2D eigenvalue weighted by Crippen LogP contribution is -2.23. The van der Waals surface area contributed by atoms with E-state index in [1.807, 2.05) is 18.2 Å². The van der Waals surface area contributed by atoms with Crippen LogP contribution in [0.2, 0.25) is 0 Å². The van der Waals surface area contributed by atoms with Crippen molar-refractivity contribution in [1.29, 1.82) is 0 Å². The van der Waals surface area contributed by atoms with Crippen LogP contribution in [0, 0.1) is 13.8 Å². The molecular weight excluding hydrogens is 355 g/mol. The Morgan fingerprint density at radius 3 is 2.52 bits per heavy atom. The van der Waals surface area contributed by atoms with Crippen LogP contribution in [0.25, 0.3) is 0 Å². The Kier molecular flexibility index (Phi) is 7.59. The molecule has 0 fully saturated rings. The maximum absolute atomic E-state index is 12.1. The summed E-state index contributed by atoms with van der Waals surface area (Å²) >= 11 is 0. The molecule has 0 aliphatic heterocycles. The molecule has 0 saturated heterocycles. The number of hydrogen-bond acceptors (Lipinski definition) is 3. The lowest BCUT2D eigenvalue weighted by molar-refractivity contribution is 0.0495. The number of hydrogen-bond donors (Lipinski definition) is 0. The molecule has 0 N–H and O–H groups in total. The van der Waals surface area contributed by atoms with Gasteiger partial charge in [0.1, 0.15) is 5.75 Å². The van der Waals surface area contributed by atoms with Gasteiger partial charge in [-0.1, -0.05) is 70.8 Å². The fraction of sp³-hybridized carbons (Fsp3) is 0.435. The summed E-state index contributed by atoms with van der Waals surface area (Å²) in [6.45, 7) is 10.6. The highest BCUT2D eigenvalue weighted by Gasteiger charge is 2.31. The molecule has 0 heterocycles. The van der Waals surface area contributed by atoms with Crippen LogP contribution >= 0.6 is 8.58 Å². The third-order valence-electron chi connectivity index (χ3n) is 4.80. The van der Waals surface area contributed by atoms with E-state index in [0.717, 1.165) is 35.0 Å². The number of rotatable bonds is 9. The lowest BCUT2D eigenvalue weighted by atomic mass is 9.91. The molecule has 0 saturated carbocycles. The molecule has 0 amide bonds. The molecule has 0 spiro atoms. The molecule has 0 aliphatic rings. The summed E-state index contributed by atoms with van der Waals surface area (Å²) in [5.41, 5.74) is 4.37. The third kappa shape index (κ3) is 5.18. The van der Waals surface area contributed by atoms with Gasteiger partial charge in [-0.05, 0) is 38.1 Å². The van der Waals surface area contributed by atoms with Crippen molar-refractivity contribution in [1.82, 2.24) is 0 Å². The first kappa shape index (κ1) is 21.6. The van der Waals surface area contributed by atoms with Gasteiger partial charge in [0.2, 0.25) is 0 Å². The van der Waals surface area contributed by atoms with Gasteiger partial charge in [0.25, 0.3) is 0 Å². The molecule has 2 unspecified atom stereocenters. The van der Waals surface area contributed by atoms with Crippen molar-refractivity contribution in [3.8, 4) is 5.75 Å². The molecule has 0 bridgehead atoms. The zero-order chi connectivity index (χ0) is 20.0. The first-order chi connectivity index (χ1) is 12.8. The number of methoxy groups -OCH3 is 1. The van der Waals surface area contributed by atoms with E-state index >= 15 is 0 Å². The van der Waals surface area contributed by atoms with Crippen molar-refractivity contribution in [3.05, 3.63) is 58.7 Å². The minimum absolute atomic E-state index is 0.111. The predicted molar refractivity (Wildman–Crippen MR) is 115 cm³/mol. The Morgan fingerprint density at radius 1 is 1.19 bits per heavy atom. The smallest absolute Gasteiger partial charge is 0.188 e. The maximum Gasteiger partial charge on any atom is 0.188 e. The van der Waals surface area contributed by atoms with Crippen LogP contribution in [-0.2, 0) is 9.89 Å². The van der Waals surface area contributed by atoms with E-state index in [-0.39, 0.29) is 17.7 Å². The molecule has 0 aromatic heterocycles. The van der Waals surface area contributed by atoms with Gasteiger partial charge in [-0.2, -0.15) is 0 Å². The normalized spacial score (nSPS) is 13.7. The van der Waals surface area contributed by atoms with E-state index in [9.17, 15) is 4.79 Å². The van der Waals surface area contributed by atoms with Crippen LogP contribution in [0.5, 0.6) is 5.75 Å². The Hall–Kier alpha value is -1.70. The average Bonchev–Trinajstić information content (AvgIpc) is 2.61. The van der Waals surface area contributed by atoms with Crippen LogP contribution in [0.1, 0.15) is 60.7 Å². The quantitative estimate of drug-likeness (QED) is 0.324. The molecular formula is C23H31O3P. The fourth-order valence-corrected chi connectivity index (χ4v) is 5.50. The highest BCUT2D eigenvalue weighted by atomic mass is 31.1. The molecule has 4 heteroatoms. The van der Waals surface area contributed by atoms with E-state index in [4.69, 9.17) is 9.47 Å². The van der Waals surface area contributed by atoms with Crippen molar-refractivity contribution in [3.63, 3.8) is 0 Å². The standard InChI is InChI=1S/C23H31O3P/c1-7-12-23(5,27-21-11-9-8-10-19(21)18(4)24)20-14-16(2)13-17(3)22(20)26-15-25-6/h8-11,13-14,27H,7,12,15H2,1-6H3. The summed E-state index contributed by atoms with van der Waals surface area (Å²) < 4.78 is 11.2. The Morgan fingerprint density at radius 2 is 1.89 bits per heavy atom. The topological polar surface area (TPSA) is 35.5 Å². The van der Waals surface area contributed by atoms with Crippen molar-refractivity contribution in [2.75, 3.05) is 13.9 Å². The fourth-order valence-electron chi connectivity index (χ4n) is 3.63. The summed E-state index contributed by atoms with van der Waals surface area (Å²) in [6, 6.07) is 12.4. The average molecular weight is 386 g/mol. The van der Waals surface area contributed by atoms with Crippen LogP contribution in [0.4, 0.5) is 0 Å². The van der Waals surface area contributed by atoms with E-state index in [1.54, 1.807) is 14.0 Å². The van der Waals surface area contributed by atoms with Crippen molar-refractivity contribution < 1.29 is 14.3 Å². The zero-order valence-electron chi connectivity index (χ0n) is 17.3. The minimum atomic E-state index is -0.111. The van der Waals surface area contributed by atoms with Gasteiger partial charge in [-0.25, -0.2) is 0 Å². The maximum atomic E-state index is 12.1. The second-order valence-electron chi connectivity index (χ2n) is 7.32. The summed E-state index contributed by atoms with van der Waals surface area (Å²) in [5.74, 6) is 1.03. The highest BCUT2D eigenvalue weighted by Crippen LogP contribution is 2.49. The number of ether oxygens (including phenoxy) is 2. The van der Waals surface area contributed by atoms with Crippen LogP contribution < -0.4 is 10.0 Å². The number of ketones is 1. The van der Waals surface area contributed by atoms with E-state index in [2.05, 4.69) is 45.9 Å². The van der Waals surface area contributed by atoms with Gasteiger partial charge in [-0.3, -0.25) is 4.79 Å². The molecule has 27 heavy (non-hydrogen) atoms. The molecule has 0 radical (unpaired) electrons. The van der Waals surface area contributed by atoms with Gasteiger partial charge in [0.15, 0.2) is 12.6 Å². The number of carbonyl (C=O) groups is 1. The minimum Gasteiger partial charge on any atom is -0.467 e. The lowest BCUT2D eigenvalue weighted by Gasteiger charge is -2.33. The van der Waals surface area contributed by atoms with E-state index < -0.39 is 0 Å². The molecule has 2 aromatic rings. The first-order valence-corrected chi connectivity index (χ1v) is 10.4. The molecule has 146 valence electrons. The summed E-state index contributed by atoms with van der Waals surface area (Å²) in [5, 5.41) is 1.01. The Bertz CT molecular complexity index is 800. The van der Waals surface area contributed by atoms with Crippen molar-refractivity contribution in [2.24, 2.45) is 0 Å². The molecule has 0 aliphatic carbocycles. The number of Topliss-reactive ketones (excluding diaryl/α,β-unsaturated/α-hetero) is 1. The number of benzene rings is 2. The predicted octanol–water partition coefficient (Wildman–Crippen LogP) is 5.51. The SMILES string of the molecule is CCCC(C)(Pc1ccccc1C(C)=O)c1cc(C)cc(C)c1OCOC. The van der Waals surface area contributed by atoms with Gasteiger partial charge in [0.05, 0.1) is 0 Å².